The molecule has 1 aliphatic carbocycles. The molecule has 0 aliphatic heterocycles. The van der Waals surface area contributed by atoms with Crippen molar-refractivity contribution in [2.24, 2.45) is 7.05 Å². The second-order valence-electron chi connectivity index (χ2n) is 4.70. The van der Waals surface area contributed by atoms with Crippen LogP contribution in [0.1, 0.15) is 30.9 Å². The van der Waals surface area contributed by atoms with E-state index in [1.165, 1.54) is 6.42 Å². The van der Waals surface area contributed by atoms with E-state index in [-0.39, 0.29) is 11.9 Å². The highest BCUT2D eigenvalue weighted by molar-refractivity contribution is 5.83. The first-order valence-electron chi connectivity index (χ1n) is 6.06. The number of amides is 1. The van der Waals surface area contributed by atoms with Gasteiger partial charge in [0.05, 0.1) is 6.20 Å². The van der Waals surface area contributed by atoms with Crippen molar-refractivity contribution >= 4 is 5.91 Å². The molecule has 17 heavy (non-hydrogen) atoms. The smallest absolute Gasteiger partial charge is 0.244 e. The van der Waals surface area contributed by atoms with Crippen LogP contribution in [0.4, 0.5) is 0 Å². The number of aromatic nitrogens is 2. The van der Waals surface area contributed by atoms with Crippen LogP contribution in [-0.4, -0.2) is 40.7 Å². The maximum atomic E-state index is 12.3. The van der Waals surface area contributed by atoms with E-state index in [2.05, 4.69) is 10.4 Å². The van der Waals surface area contributed by atoms with Crippen molar-refractivity contribution < 1.29 is 4.79 Å². The predicted molar refractivity (Wildman–Crippen MR) is 65.4 cm³/mol. The number of carbonyl (C=O) groups is 1. The molecule has 1 N–H and O–H groups in total. The Bertz CT molecular complexity index is 397. The summed E-state index contributed by atoms with van der Waals surface area (Å²) in [6.45, 7) is 0. The number of carbonyl (C=O) groups excluding carboxylic acids is 1. The number of hydrogen-bond acceptors (Lipinski definition) is 3. The number of rotatable bonds is 4. The fourth-order valence-corrected chi connectivity index (χ4v) is 2.18. The molecule has 1 atom stereocenters. The minimum atomic E-state index is -0.283. The van der Waals surface area contributed by atoms with Crippen molar-refractivity contribution in [3.63, 3.8) is 0 Å². The van der Waals surface area contributed by atoms with Crippen molar-refractivity contribution in [2.45, 2.75) is 31.3 Å². The standard InChI is InChI=1S/C12H20N4O/c1-13-11(9-7-14-15(2)8-9)12(17)16(3)10-5-4-6-10/h7-8,10-11,13H,4-6H2,1-3H3. The second kappa shape index (κ2) is 4.87. The van der Waals surface area contributed by atoms with Crippen LogP contribution in [0, 0.1) is 0 Å². The molecule has 1 saturated carbocycles. The van der Waals surface area contributed by atoms with E-state index >= 15 is 0 Å². The van der Waals surface area contributed by atoms with Gasteiger partial charge >= 0.3 is 0 Å². The number of aryl methyl sites for hydroxylation is 1. The van der Waals surface area contributed by atoms with Crippen molar-refractivity contribution in [2.75, 3.05) is 14.1 Å². The summed E-state index contributed by atoms with van der Waals surface area (Å²) in [5.74, 6) is 0.130. The molecule has 0 radical (unpaired) electrons. The highest BCUT2D eigenvalue weighted by atomic mass is 16.2. The molecule has 1 heterocycles. The highest BCUT2D eigenvalue weighted by Gasteiger charge is 2.30. The van der Waals surface area contributed by atoms with Crippen molar-refractivity contribution in [1.82, 2.24) is 20.0 Å². The van der Waals surface area contributed by atoms with Gasteiger partial charge < -0.3 is 10.2 Å². The van der Waals surface area contributed by atoms with Gasteiger partial charge in [-0.05, 0) is 26.3 Å². The van der Waals surface area contributed by atoms with E-state index in [9.17, 15) is 4.79 Å². The number of hydrogen-bond donors (Lipinski definition) is 1. The average molecular weight is 236 g/mol. The maximum absolute atomic E-state index is 12.3. The number of likely N-dealkylation sites (N-methyl/N-ethyl adjacent to an activating group) is 2. The van der Waals surface area contributed by atoms with Gasteiger partial charge in [-0.1, -0.05) is 0 Å². The van der Waals surface area contributed by atoms with Gasteiger partial charge in [-0.25, -0.2) is 0 Å². The molecule has 0 bridgehead atoms. The molecule has 5 nitrogen and oxygen atoms in total. The lowest BCUT2D eigenvalue weighted by atomic mass is 9.91. The van der Waals surface area contributed by atoms with Crippen LogP contribution in [0.15, 0.2) is 12.4 Å². The van der Waals surface area contributed by atoms with Crippen LogP contribution in [-0.2, 0) is 11.8 Å². The topological polar surface area (TPSA) is 50.2 Å². The summed E-state index contributed by atoms with van der Waals surface area (Å²) in [6, 6.07) is 0.143. The molecule has 5 heteroatoms. The third kappa shape index (κ3) is 2.34. The fourth-order valence-electron chi connectivity index (χ4n) is 2.18. The largest absolute Gasteiger partial charge is 0.341 e. The van der Waals surface area contributed by atoms with Gasteiger partial charge in [0.1, 0.15) is 6.04 Å². The lowest BCUT2D eigenvalue weighted by Crippen LogP contribution is -2.46. The van der Waals surface area contributed by atoms with Gasteiger partial charge in [-0.2, -0.15) is 5.10 Å². The van der Waals surface area contributed by atoms with Crippen molar-refractivity contribution in [3.8, 4) is 0 Å². The van der Waals surface area contributed by atoms with Crippen LogP contribution in [0.3, 0.4) is 0 Å². The van der Waals surface area contributed by atoms with Gasteiger partial charge in [-0.15, -0.1) is 0 Å². The molecule has 0 saturated heterocycles. The minimum absolute atomic E-state index is 0.130. The molecule has 1 unspecified atom stereocenters. The monoisotopic (exact) mass is 236 g/mol. The summed E-state index contributed by atoms with van der Waals surface area (Å²) >= 11 is 0. The quantitative estimate of drug-likeness (QED) is 0.837. The zero-order valence-electron chi connectivity index (χ0n) is 10.7. The summed E-state index contributed by atoms with van der Waals surface area (Å²) in [5.41, 5.74) is 0.922. The molecule has 1 aromatic rings. The van der Waals surface area contributed by atoms with E-state index in [0.717, 1.165) is 18.4 Å². The summed E-state index contributed by atoms with van der Waals surface area (Å²) in [6.07, 6.45) is 7.12. The second-order valence-corrected chi connectivity index (χ2v) is 4.70. The van der Waals surface area contributed by atoms with Gasteiger partial charge in [0.2, 0.25) is 5.91 Å². The summed E-state index contributed by atoms with van der Waals surface area (Å²) in [4.78, 5) is 14.2. The lowest BCUT2D eigenvalue weighted by Gasteiger charge is -2.36. The Kier molecular flexibility index (Phi) is 3.47. The van der Waals surface area contributed by atoms with Gasteiger partial charge in [0, 0.05) is 31.9 Å². The number of nitrogens with zero attached hydrogens (tertiary/aromatic N) is 3. The molecule has 0 spiro atoms. The summed E-state index contributed by atoms with van der Waals surface area (Å²) in [5, 5.41) is 7.18. The Morgan fingerprint density at radius 2 is 2.35 bits per heavy atom. The number of nitrogens with one attached hydrogen (secondary N) is 1. The van der Waals surface area contributed by atoms with Crippen molar-refractivity contribution in [3.05, 3.63) is 18.0 Å². The van der Waals surface area contributed by atoms with Gasteiger partial charge in [0.15, 0.2) is 0 Å². The van der Waals surface area contributed by atoms with Crippen LogP contribution in [0.25, 0.3) is 0 Å². The zero-order chi connectivity index (χ0) is 12.4. The molecule has 1 amide bonds. The third-order valence-electron chi connectivity index (χ3n) is 3.56. The van der Waals surface area contributed by atoms with Crippen LogP contribution < -0.4 is 5.32 Å². The van der Waals surface area contributed by atoms with E-state index < -0.39 is 0 Å². The normalized spacial score (nSPS) is 17.6. The first kappa shape index (κ1) is 12.1. The van der Waals surface area contributed by atoms with Crippen LogP contribution in [0.5, 0.6) is 0 Å². The Morgan fingerprint density at radius 1 is 1.65 bits per heavy atom. The first-order valence-corrected chi connectivity index (χ1v) is 6.06. The fraction of sp³-hybridized carbons (Fsp3) is 0.667. The van der Waals surface area contributed by atoms with E-state index in [0.29, 0.717) is 6.04 Å². The Balaban J connectivity index is 2.09. The van der Waals surface area contributed by atoms with E-state index in [1.54, 1.807) is 10.9 Å². The first-order chi connectivity index (χ1) is 8.13. The molecular weight excluding hydrogens is 216 g/mol. The molecule has 1 aliphatic rings. The highest BCUT2D eigenvalue weighted by Crippen LogP contribution is 2.26. The SMILES string of the molecule is CNC(C(=O)N(C)C1CCC1)c1cnn(C)c1. The van der Waals surface area contributed by atoms with E-state index in [1.807, 2.05) is 32.2 Å². The zero-order valence-corrected chi connectivity index (χ0v) is 10.7. The molecule has 0 aromatic carbocycles. The predicted octanol–water partition coefficient (Wildman–Crippen LogP) is 0.691. The van der Waals surface area contributed by atoms with Crippen LogP contribution >= 0.6 is 0 Å². The van der Waals surface area contributed by atoms with Gasteiger partial charge in [0.25, 0.3) is 0 Å². The Hall–Kier alpha value is -1.36. The summed E-state index contributed by atoms with van der Waals surface area (Å²) in [7, 11) is 5.56. The van der Waals surface area contributed by atoms with E-state index in [4.69, 9.17) is 0 Å². The molecule has 1 aromatic heterocycles. The average Bonchev–Trinajstić information content (AvgIpc) is 2.63. The van der Waals surface area contributed by atoms with Crippen LogP contribution in [0.2, 0.25) is 0 Å². The molecular formula is C12H20N4O. The lowest BCUT2D eigenvalue weighted by molar-refractivity contribution is -0.135. The molecule has 94 valence electrons. The Morgan fingerprint density at radius 3 is 2.76 bits per heavy atom. The molecule has 2 rings (SSSR count). The minimum Gasteiger partial charge on any atom is -0.341 e. The Labute approximate surface area is 102 Å². The third-order valence-corrected chi connectivity index (χ3v) is 3.56. The summed E-state index contributed by atoms with van der Waals surface area (Å²) < 4.78 is 1.72. The molecule has 1 fully saturated rings. The maximum Gasteiger partial charge on any atom is 0.244 e. The van der Waals surface area contributed by atoms with Gasteiger partial charge in [-0.3, -0.25) is 9.48 Å². The van der Waals surface area contributed by atoms with Crippen molar-refractivity contribution in [1.29, 1.82) is 0 Å².